The summed E-state index contributed by atoms with van der Waals surface area (Å²) in [4.78, 5) is 24.4. The molecule has 1 heterocycles. The average molecular weight is 338 g/mol. The van der Waals surface area contributed by atoms with E-state index < -0.39 is 11.9 Å². The first kappa shape index (κ1) is 17.1. The van der Waals surface area contributed by atoms with Crippen LogP contribution in [0.4, 0.5) is 0 Å². The zero-order valence-corrected chi connectivity index (χ0v) is 14.8. The van der Waals surface area contributed by atoms with E-state index >= 15 is 0 Å². The number of hydrogen-bond acceptors (Lipinski definition) is 4. The third kappa shape index (κ3) is 3.87. The number of aryl methyl sites for hydroxylation is 2. The third-order valence-electron chi connectivity index (χ3n) is 4.51. The Morgan fingerprint density at radius 2 is 2.12 bits per heavy atom. The summed E-state index contributed by atoms with van der Waals surface area (Å²) in [6.45, 7) is 3.48. The van der Waals surface area contributed by atoms with Crippen LogP contribution in [0.2, 0.25) is 0 Å². The summed E-state index contributed by atoms with van der Waals surface area (Å²) in [6.07, 6.45) is 5.44. The van der Waals surface area contributed by atoms with Gasteiger partial charge < -0.3 is 4.74 Å². The van der Waals surface area contributed by atoms with Crippen LogP contribution in [0.25, 0.3) is 6.08 Å². The van der Waals surface area contributed by atoms with Gasteiger partial charge in [0, 0.05) is 19.2 Å². The smallest absolute Gasteiger partial charge is 0.317 e. The van der Waals surface area contributed by atoms with Crippen molar-refractivity contribution in [1.82, 2.24) is 9.78 Å². The number of aromatic nitrogens is 2. The maximum absolute atomic E-state index is 12.4. The molecule has 3 rings (SSSR count). The Morgan fingerprint density at radius 3 is 2.80 bits per heavy atom. The zero-order valence-electron chi connectivity index (χ0n) is 14.8. The number of esters is 1. The number of rotatable bonds is 6. The van der Waals surface area contributed by atoms with Gasteiger partial charge in [-0.05, 0) is 49.1 Å². The van der Waals surface area contributed by atoms with Gasteiger partial charge in [-0.15, -0.1) is 0 Å². The molecule has 5 heteroatoms. The lowest BCUT2D eigenvalue weighted by Gasteiger charge is -2.14. The molecule has 0 N–H and O–H groups in total. The second kappa shape index (κ2) is 7.05. The first-order chi connectivity index (χ1) is 11.9. The fourth-order valence-electron chi connectivity index (χ4n) is 3.10. The van der Waals surface area contributed by atoms with Crippen LogP contribution in [-0.4, -0.2) is 21.5 Å². The fourth-order valence-corrected chi connectivity index (χ4v) is 3.10. The Bertz CT molecular complexity index is 849. The number of hydrogen-bond donors (Lipinski definition) is 0. The van der Waals surface area contributed by atoms with Gasteiger partial charge in [-0.2, -0.15) is 5.10 Å². The molecule has 0 fully saturated rings. The lowest BCUT2D eigenvalue weighted by Crippen LogP contribution is -2.27. The molecule has 1 unspecified atom stereocenters. The molecule has 0 radical (unpaired) electrons. The van der Waals surface area contributed by atoms with E-state index in [0.717, 1.165) is 23.4 Å². The highest BCUT2D eigenvalue weighted by Crippen LogP contribution is 2.21. The number of fused-ring (bicyclic) bond motifs is 1. The second-order valence-corrected chi connectivity index (χ2v) is 6.52. The zero-order chi connectivity index (χ0) is 18.0. The molecule has 0 aliphatic heterocycles. The molecule has 2 aromatic rings. The van der Waals surface area contributed by atoms with Gasteiger partial charge in [-0.25, -0.2) is 0 Å². The number of allylic oxidation sites excluding steroid dienone is 1. The van der Waals surface area contributed by atoms with E-state index in [1.807, 2.05) is 32.2 Å². The summed E-state index contributed by atoms with van der Waals surface area (Å²) in [5.74, 6) is -1.48. The number of carbonyl (C=O) groups is 2. The van der Waals surface area contributed by atoms with E-state index in [-0.39, 0.29) is 12.4 Å². The van der Waals surface area contributed by atoms with Gasteiger partial charge in [-0.1, -0.05) is 24.3 Å². The molecule has 0 spiro atoms. The lowest BCUT2D eigenvalue weighted by atomic mass is 9.99. The standard InChI is InChI=1S/C20H22N2O3/c1-13-9-18(22(3)21-13)11-19(14(2)23)20(24)25-12-15-7-8-16-5-4-6-17(16)10-15/h4,6-10,19H,5,11-12H2,1-3H3. The SMILES string of the molecule is CC(=O)C(Cc1cc(C)nn1C)C(=O)OCc1ccc2c(c1)C=CC2. The average Bonchev–Trinajstić information content (AvgIpc) is 3.15. The molecular weight excluding hydrogens is 316 g/mol. The molecule has 0 bridgehead atoms. The largest absolute Gasteiger partial charge is 0.460 e. The lowest BCUT2D eigenvalue weighted by molar-refractivity contribution is -0.152. The molecule has 1 atom stereocenters. The first-order valence-electron chi connectivity index (χ1n) is 8.39. The Labute approximate surface area is 147 Å². The minimum Gasteiger partial charge on any atom is -0.460 e. The molecule has 1 aromatic heterocycles. The van der Waals surface area contributed by atoms with Crippen LogP contribution in [0.1, 0.15) is 35.0 Å². The molecule has 0 saturated carbocycles. The quantitative estimate of drug-likeness (QED) is 0.600. The summed E-state index contributed by atoms with van der Waals surface area (Å²) in [7, 11) is 1.81. The van der Waals surface area contributed by atoms with Crippen molar-refractivity contribution in [2.24, 2.45) is 13.0 Å². The van der Waals surface area contributed by atoms with E-state index in [1.54, 1.807) is 4.68 Å². The van der Waals surface area contributed by atoms with E-state index in [9.17, 15) is 9.59 Å². The predicted molar refractivity (Wildman–Crippen MR) is 94.8 cm³/mol. The van der Waals surface area contributed by atoms with E-state index in [1.165, 1.54) is 18.1 Å². The van der Waals surface area contributed by atoms with Crippen molar-refractivity contribution < 1.29 is 14.3 Å². The normalized spacial score (nSPS) is 13.6. The minimum atomic E-state index is -0.802. The minimum absolute atomic E-state index is 0.175. The summed E-state index contributed by atoms with van der Waals surface area (Å²) in [5, 5.41) is 4.26. The molecule has 25 heavy (non-hydrogen) atoms. The molecule has 1 aromatic carbocycles. The Kier molecular flexibility index (Phi) is 4.83. The van der Waals surface area contributed by atoms with Crippen LogP contribution in [0.5, 0.6) is 0 Å². The maximum Gasteiger partial charge on any atom is 0.317 e. The van der Waals surface area contributed by atoms with Crippen LogP contribution in [0.15, 0.2) is 30.3 Å². The number of carbonyl (C=O) groups excluding carboxylic acids is 2. The van der Waals surface area contributed by atoms with Crippen LogP contribution in [0, 0.1) is 12.8 Å². The number of ketones is 1. The van der Waals surface area contributed by atoms with Crippen molar-refractivity contribution in [3.63, 3.8) is 0 Å². The van der Waals surface area contributed by atoms with E-state index in [4.69, 9.17) is 4.74 Å². The van der Waals surface area contributed by atoms with Crippen LogP contribution < -0.4 is 0 Å². The second-order valence-electron chi connectivity index (χ2n) is 6.52. The third-order valence-corrected chi connectivity index (χ3v) is 4.51. The van der Waals surface area contributed by atoms with E-state index in [2.05, 4.69) is 23.3 Å². The molecule has 0 amide bonds. The molecule has 0 saturated heterocycles. The van der Waals surface area contributed by atoms with Gasteiger partial charge in [0.25, 0.3) is 0 Å². The van der Waals surface area contributed by atoms with Gasteiger partial charge in [-0.3, -0.25) is 14.3 Å². The predicted octanol–water partition coefficient (Wildman–Crippen LogP) is 2.79. The van der Waals surface area contributed by atoms with E-state index in [0.29, 0.717) is 6.42 Å². The van der Waals surface area contributed by atoms with Crippen molar-refractivity contribution in [3.05, 3.63) is 58.4 Å². The summed E-state index contributed by atoms with van der Waals surface area (Å²) in [6, 6.07) is 7.93. The van der Waals surface area contributed by atoms with Crippen molar-refractivity contribution in [2.75, 3.05) is 0 Å². The van der Waals surface area contributed by atoms with Crippen molar-refractivity contribution in [3.8, 4) is 0 Å². The van der Waals surface area contributed by atoms with Gasteiger partial charge in [0.2, 0.25) is 0 Å². The molecular formula is C20H22N2O3. The molecule has 1 aliphatic rings. The highest BCUT2D eigenvalue weighted by atomic mass is 16.5. The first-order valence-corrected chi connectivity index (χ1v) is 8.39. The van der Waals surface area contributed by atoms with Gasteiger partial charge in [0.05, 0.1) is 5.69 Å². The van der Waals surface area contributed by atoms with Crippen LogP contribution in [0.3, 0.4) is 0 Å². The number of benzene rings is 1. The highest BCUT2D eigenvalue weighted by Gasteiger charge is 2.26. The van der Waals surface area contributed by atoms with Crippen molar-refractivity contribution in [1.29, 1.82) is 0 Å². The number of ether oxygens (including phenoxy) is 1. The van der Waals surface area contributed by atoms with Gasteiger partial charge in [0.15, 0.2) is 0 Å². The fraction of sp³-hybridized carbons (Fsp3) is 0.350. The Hall–Kier alpha value is -2.69. The van der Waals surface area contributed by atoms with Crippen LogP contribution in [-0.2, 0) is 40.8 Å². The van der Waals surface area contributed by atoms with Gasteiger partial charge >= 0.3 is 5.97 Å². The molecule has 5 nitrogen and oxygen atoms in total. The number of nitrogens with zero attached hydrogens (tertiary/aromatic N) is 2. The Balaban J connectivity index is 1.66. The summed E-state index contributed by atoms with van der Waals surface area (Å²) < 4.78 is 7.12. The topological polar surface area (TPSA) is 61.2 Å². The highest BCUT2D eigenvalue weighted by molar-refractivity contribution is 5.97. The molecule has 130 valence electrons. The summed E-state index contributed by atoms with van der Waals surface area (Å²) in [5.41, 5.74) is 5.08. The van der Waals surface area contributed by atoms with Crippen molar-refractivity contribution >= 4 is 17.8 Å². The monoisotopic (exact) mass is 338 g/mol. The molecule has 1 aliphatic carbocycles. The van der Waals surface area contributed by atoms with Gasteiger partial charge in [0.1, 0.15) is 18.3 Å². The Morgan fingerprint density at radius 1 is 1.32 bits per heavy atom. The summed E-state index contributed by atoms with van der Waals surface area (Å²) >= 11 is 0. The number of Topliss-reactive ketones (excluding diaryl/α,β-unsaturated/α-hetero) is 1. The van der Waals surface area contributed by atoms with Crippen molar-refractivity contribution in [2.45, 2.75) is 33.3 Å². The maximum atomic E-state index is 12.4. The van der Waals surface area contributed by atoms with Crippen LogP contribution >= 0.6 is 0 Å².